The molecule has 0 bridgehead atoms. The fourth-order valence-electron chi connectivity index (χ4n) is 1.70. The molecule has 0 atom stereocenters. The number of aryl methyl sites for hydroxylation is 1. The van der Waals surface area contributed by atoms with E-state index in [-0.39, 0.29) is 65.2 Å². The van der Waals surface area contributed by atoms with Gasteiger partial charge in [-0.3, -0.25) is 0 Å². The molecule has 0 spiro atoms. The van der Waals surface area contributed by atoms with Gasteiger partial charge in [0.2, 0.25) is 0 Å². The molecule has 0 nitrogen and oxygen atoms in total. The van der Waals surface area contributed by atoms with Gasteiger partial charge in [0.15, 0.2) is 0 Å². The normalized spacial score (nSPS) is 9.44. The first-order chi connectivity index (χ1) is 6.79. The van der Waals surface area contributed by atoms with Crippen molar-refractivity contribution in [2.24, 2.45) is 5.92 Å². The second-order valence-electron chi connectivity index (χ2n) is 4.48. The van der Waals surface area contributed by atoms with Crippen LogP contribution in [0.2, 0.25) is 0 Å². The van der Waals surface area contributed by atoms with Gasteiger partial charge in [-0.05, 0) is 24.3 Å². The van der Waals surface area contributed by atoms with Crippen LogP contribution in [0.15, 0.2) is 30.3 Å². The molecule has 1 rings (SSSR count). The van der Waals surface area contributed by atoms with Crippen molar-refractivity contribution in [1.82, 2.24) is 0 Å². The minimum atomic E-state index is 0. The largest absolute Gasteiger partial charge is 2.00 e. The predicted octanol–water partition coefficient (Wildman–Crippen LogP) is 4.40. The summed E-state index contributed by atoms with van der Waals surface area (Å²) in [6, 6.07) is 10.8. The zero-order chi connectivity index (χ0) is 10.2. The van der Waals surface area contributed by atoms with E-state index < -0.39 is 0 Å². The van der Waals surface area contributed by atoms with E-state index in [9.17, 15) is 0 Å². The summed E-state index contributed by atoms with van der Waals surface area (Å²) in [5.41, 5.74) is 1.48. The van der Waals surface area contributed by atoms with Crippen molar-refractivity contribution < 1.29 is 2.85 Å². The first kappa shape index (κ1) is 19.5. The maximum Gasteiger partial charge on any atom is 2.00 e. The molecule has 0 aliphatic rings. The average Bonchev–Trinajstić information content (AvgIpc) is 2.18. The van der Waals surface area contributed by atoms with Gasteiger partial charge in [-0.15, -0.1) is 0 Å². The molecular formula is C14H26BaS. The number of rotatable bonds is 6. The molecule has 0 aliphatic heterocycles. The van der Waals surface area contributed by atoms with Gasteiger partial charge in [0, 0.05) is 0 Å². The van der Waals surface area contributed by atoms with E-state index in [1.165, 1.54) is 37.7 Å². The summed E-state index contributed by atoms with van der Waals surface area (Å²) >= 11 is 0. The van der Waals surface area contributed by atoms with Crippen molar-refractivity contribution in [2.45, 2.75) is 46.0 Å². The first-order valence-corrected chi connectivity index (χ1v) is 5.83. The Kier molecular flexibility index (Phi) is 15.3. The summed E-state index contributed by atoms with van der Waals surface area (Å²) in [6.45, 7) is 4.61. The summed E-state index contributed by atoms with van der Waals surface area (Å²) in [6.07, 6.45) is 6.75. The van der Waals surface area contributed by atoms with Crippen LogP contribution < -0.4 is 0 Å². The molecule has 2 heteroatoms. The maximum atomic E-state index is 2.30. The molecule has 0 saturated heterocycles. The van der Waals surface area contributed by atoms with E-state index >= 15 is 0 Å². The van der Waals surface area contributed by atoms with Gasteiger partial charge in [-0.25, -0.2) is 0 Å². The van der Waals surface area contributed by atoms with E-state index in [0.29, 0.717) is 0 Å². The Morgan fingerprint density at radius 2 is 1.62 bits per heavy atom. The van der Waals surface area contributed by atoms with Gasteiger partial charge in [0.05, 0.1) is 0 Å². The summed E-state index contributed by atoms with van der Waals surface area (Å²) < 4.78 is 0. The monoisotopic (exact) mass is 364 g/mol. The van der Waals surface area contributed by atoms with Crippen LogP contribution in [0, 0.1) is 5.92 Å². The van der Waals surface area contributed by atoms with E-state index in [4.69, 9.17) is 0 Å². The SMILES string of the molecule is CC(C)CCCCCc1ccccc1.S.[Ba+2].[H-].[H-]. The summed E-state index contributed by atoms with van der Waals surface area (Å²) in [5, 5.41) is 0. The second kappa shape index (κ2) is 12.6. The molecule has 90 valence electrons. The van der Waals surface area contributed by atoms with Gasteiger partial charge in [0.25, 0.3) is 0 Å². The third-order valence-electron chi connectivity index (χ3n) is 2.59. The van der Waals surface area contributed by atoms with E-state index in [0.717, 1.165) is 5.92 Å². The van der Waals surface area contributed by atoms with Gasteiger partial charge in [0.1, 0.15) is 0 Å². The third kappa shape index (κ3) is 10.3. The molecule has 0 aliphatic carbocycles. The molecule has 0 unspecified atom stereocenters. The number of hydrogen-bond acceptors (Lipinski definition) is 0. The Labute approximate surface area is 151 Å². The van der Waals surface area contributed by atoms with Crippen molar-refractivity contribution in [3.63, 3.8) is 0 Å². The van der Waals surface area contributed by atoms with E-state index in [1.807, 2.05) is 0 Å². The molecule has 1 aromatic carbocycles. The average molecular weight is 364 g/mol. The Morgan fingerprint density at radius 3 is 2.19 bits per heavy atom. The van der Waals surface area contributed by atoms with Crippen LogP contribution in [0.25, 0.3) is 0 Å². The van der Waals surface area contributed by atoms with E-state index in [2.05, 4.69) is 44.2 Å². The van der Waals surface area contributed by atoms with Crippen molar-refractivity contribution in [3.05, 3.63) is 35.9 Å². The predicted molar refractivity (Wildman–Crippen MR) is 81.8 cm³/mol. The summed E-state index contributed by atoms with van der Waals surface area (Å²) in [5.74, 6) is 0.867. The Bertz CT molecular complexity index is 243. The summed E-state index contributed by atoms with van der Waals surface area (Å²) in [7, 11) is 0. The van der Waals surface area contributed by atoms with Crippen LogP contribution in [-0.4, -0.2) is 48.9 Å². The van der Waals surface area contributed by atoms with Crippen LogP contribution in [0.5, 0.6) is 0 Å². The van der Waals surface area contributed by atoms with Gasteiger partial charge >= 0.3 is 48.9 Å². The minimum Gasteiger partial charge on any atom is -1.00 e. The molecular weight excluding hydrogens is 338 g/mol. The molecule has 0 N–H and O–H groups in total. The fraction of sp³-hybridized carbons (Fsp3) is 0.571. The van der Waals surface area contributed by atoms with Crippen LogP contribution in [0.1, 0.15) is 47.9 Å². The first-order valence-electron chi connectivity index (χ1n) is 5.83. The molecule has 0 saturated carbocycles. The zero-order valence-corrected chi connectivity index (χ0v) is 16.1. The zero-order valence-electron chi connectivity index (χ0n) is 12.7. The quantitative estimate of drug-likeness (QED) is 0.519. The third-order valence-corrected chi connectivity index (χ3v) is 2.59. The van der Waals surface area contributed by atoms with Crippen molar-refractivity contribution in [1.29, 1.82) is 0 Å². The molecule has 1 aromatic rings. The Balaban J connectivity index is -0.000000245. The van der Waals surface area contributed by atoms with Crippen LogP contribution in [-0.2, 0) is 6.42 Å². The molecule has 16 heavy (non-hydrogen) atoms. The topological polar surface area (TPSA) is 0 Å². The number of hydrogen-bond donors (Lipinski definition) is 0. The maximum absolute atomic E-state index is 2.30. The standard InChI is InChI=1S/C14H22.Ba.H2S.2H/c1-13(2)9-5-3-6-10-14-11-7-4-8-12-14;;;;/h4,7-8,11-13H,3,5-6,9-10H2,1-2H3;;1H2;;/q;+2;;2*-1. The molecule has 0 fully saturated rings. The van der Waals surface area contributed by atoms with Crippen molar-refractivity contribution in [3.8, 4) is 0 Å². The molecule has 0 heterocycles. The number of unbranched alkanes of at least 4 members (excludes halogenated alkanes) is 2. The molecule has 0 radical (unpaired) electrons. The Morgan fingerprint density at radius 1 is 1.00 bits per heavy atom. The van der Waals surface area contributed by atoms with Gasteiger partial charge in [-0.2, -0.15) is 13.5 Å². The van der Waals surface area contributed by atoms with Crippen LogP contribution >= 0.6 is 13.5 Å². The van der Waals surface area contributed by atoms with Crippen molar-refractivity contribution >= 4 is 62.4 Å². The molecule has 0 aromatic heterocycles. The fourth-order valence-corrected chi connectivity index (χ4v) is 1.70. The van der Waals surface area contributed by atoms with E-state index in [1.54, 1.807) is 0 Å². The summed E-state index contributed by atoms with van der Waals surface area (Å²) in [4.78, 5) is 0. The minimum absolute atomic E-state index is 0. The number of benzene rings is 1. The smallest absolute Gasteiger partial charge is 1.00 e. The molecule has 0 amide bonds. The van der Waals surface area contributed by atoms with Gasteiger partial charge in [-0.1, -0.05) is 63.4 Å². The van der Waals surface area contributed by atoms with Crippen LogP contribution in [0.3, 0.4) is 0 Å². The second-order valence-corrected chi connectivity index (χ2v) is 4.48. The van der Waals surface area contributed by atoms with Crippen LogP contribution in [0.4, 0.5) is 0 Å². The van der Waals surface area contributed by atoms with Gasteiger partial charge < -0.3 is 2.85 Å². The van der Waals surface area contributed by atoms with Crippen molar-refractivity contribution in [2.75, 3.05) is 0 Å². The Hall–Kier alpha value is 1.14.